The second-order valence-corrected chi connectivity index (χ2v) is 7.08. The second-order valence-electron chi connectivity index (χ2n) is 5.55. The number of nitrogens with two attached hydrogens (primary N) is 1. The maximum absolute atomic E-state index is 13.9. The Kier molecular flexibility index (Phi) is 5.47. The topological polar surface area (TPSA) is 80.5 Å². The van der Waals surface area contributed by atoms with Gasteiger partial charge in [0.05, 0.1) is 10.5 Å². The molecule has 1 rings (SSSR count). The third kappa shape index (κ3) is 4.50. The van der Waals surface area contributed by atoms with Crippen molar-refractivity contribution in [2.45, 2.75) is 32.1 Å². The van der Waals surface area contributed by atoms with Crippen LogP contribution in [0.5, 0.6) is 0 Å². The lowest BCUT2D eigenvalue weighted by Gasteiger charge is -2.19. The van der Waals surface area contributed by atoms with Crippen molar-refractivity contribution in [3.8, 4) is 0 Å². The quantitative estimate of drug-likeness (QED) is 0.901. The van der Waals surface area contributed by atoms with E-state index < -0.39 is 21.7 Å². The molecule has 118 valence electrons. The van der Waals surface area contributed by atoms with E-state index in [2.05, 4.69) is 0 Å². The number of rotatable bonds is 5. The molecule has 1 aromatic rings. The van der Waals surface area contributed by atoms with Crippen molar-refractivity contribution in [1.29, 1.82) is 0 Å². The molecule has 0 atom stereocenters. The Balaban J connectivity index is 3.16. The fourth-order valence-electron chi connectivity index (χ4n) is 1.88. The monoisotopic (exact) mass is 316 g/mol. The zero-order valence-electron chi connectivity index (χ0n) is 12.7. The Bertz CT molecular complexity index is 642. The van der Waals surface area contributed by atoms with E-state index in [0.717, 1.165) is 18.6 Å². The molecule has 0 fully saturated rings. The summed E-state index contributed by atoms with van der Waals surface area (Å²) in [6.45, 7) is 5.93. The first-order valence-corrected chi connectivity index (χ1v) is 8.17. The van der Waals surface area contributed by atoms with Gasteiger partial charge in [0.15, 0.2) is 0 Å². The van der Waals surface area contributed by atoms with Crippen molar-refractivity contribution in [3.05, 3.63) is 29.1 Å². The van der Waals surface area contributed by atoms with Crippen molar-refractivity contribution in [1.82, 2.24) is 4.90 Å². The van der Waals surface area contributed by atoms with Gasteiger partial charge in [-0.3, -0.25) is 4.79 Å². The van der Waals surface area contributed by atoms with Crippen molar-refractivity contribution < 1.29 is 17.6 Å². The molecule has 0 aliphatic carbocycles. The van der Waals surface area contributed by atoms with Crippen molar-refractivity contribution in [2.75, 3.05) is 13.6 Å². The van der Waals surface area contributed by atoms with Crippen LogP contribution in [0, 0.1) is 18.7 Å². The lowest BCUT2D eigenvalue weighted by molar-refractivity contribution is 0.0784. The van der Waals surface area contributed by atoms with Gasteiger partial charge in [0, 0.05) is 13.6 Å². The molecule has 21 heavy (non-hydrogen) atoms. The maximum Gasteiger partial charge on any atom is 0.256 e. The zero-order valence-corrected chi connectivity index (χ0v) is 13.5. The van der Waals surface area contributed by atoms with Gasteiger partial charge in [-0.25, -0.2) is 17.9 Å². The molecule has 0 spiro atoms. The van der Waals surface area contributed by atoms with Crippen molar-refractivity contribution in [2.24, 2.45) is 11.1 Å². The number of hydrogen-bond acceptors (Lipinski definition) is 3. The zero-order chi connectivity index (χ0) is 16.4. The number of carbonyl (C=O) groups is 1. The molecule has 0 radical (unpaired) electrons. The molecule has 0 aliphatic heterocycles. The van der Waals surface area contributed by atoms with Gasteiger partial charge in [0.25, 0.3) is 5.91 Å². The predicted molar refractivity (Wildman–Crippen MR) is 78.9 cm³/mol. The third-order valence-corrected chi connectivity index (χ3v) is 4.24. The SMILES string of the molecule is Cc1cc(F)c(C(=O)N(C)CCC(C)C)cc1S(N)(=O)=O. The highest BCUT2D eigenvalue weighted by Gasteiger charge is 2.21. The first-order valence-electron chi connectivity index (χ1n) is 6.62. The number of hydrogen-bond donors (Lipinski definition) is 1. The number of halogens is 1. The molecule has 0 heterocycles. The van der Waals surface area contributed by atoms with E-state index in [1.165, 1.54) is 11.8 Å². The number of aryl methyl sites for hydroxylation is 1. The molecule has 2 N–H and O–H groups in total. The molecule has 0 bridgehead atoms. The average Bonchev–Trinajstić information content (AvgIpc) is 2.33. The van der Waals surface area contributed by atoms with Crippen LogP contribution in [0.1, 0.15) is 36.2 Å². The highest BCUT2D eigenvalue weighted by molar-refractivity contribution is 7.89. The summed E-state index contributed by atoms with van der Waals surface area (Å²) in [5, 5.41) is 5.08. The van der Waals surface area contributed by atoms with E-state index in [4.69, 9.17) is 5.14 Å². The van der Waals surface area contributed by atoms with Crippen LogP contribution in [0.15, 0.2) is 17.0 Å². The van der Waals surface area contributed by atoms with Gasteiger partial charge in [-0.1, -0.05) is 13.8 Å². The minimum atomic E-state index is -4.00. The predicted octanol–water partition coefficient (Wildman–Crippen LogP) is 1.90. The summed E-state index contributed by atoms with van der Waals surface area (Å²) in [7, 11) is -2.44. The van der Waals surface area contributed by atoms with Gasteiger partial charge in [-0.15, -0.1) is 0 Å². The van der Waals surface area contributed by atoms with Crippen LogP contribution in [-0.4, -0.2) is 32.8 Å². The molecule has 0 saturated carbocycles. The number of primary sulfonamides is 1. The largest absolute Gasteiger partial charge is 0.342 e. The summed E-state index contributed by atoms with van der Waals surface area (Å²) in [6.07, 6.45) is 0.776. The number of nitrogens with zero attached hydrogens (tertiary/aromatic N) is 1. The number of amides is 1. The minimum Gasteiger partial charge on any atom is -0.342 e. The summed E-state index contributed by atoms with van der Waals surface area (Å²) in [6, 6.07) is 2.03. The number of benzene rings is 1. The minimum absolute atomic E-state index is 0.177. The van der Waals surface area contributed by atoms with E-state index in [1.807, 2.05) is 13.8 Å². The first-order chi connectivity index (χ1) is 9.54. The molecule has 0 unspecified atom stereocenters. The van der Waals surface area contributed by atoms with Crippen LogP contribution >= 0.6 is 0 Å². The Morgan fingerprint density at radius 3 is 2.43 bits per heavy atom. The Morgan fingerprint density at radius 1 is 1.38 bits per heavy atom. The van der Waals surface area contributed by atoms with Crippen molar-refractivity contribution >= 4 is 15.9 Å². The molecule has 0 aliphatic rings. The van der Waals surface area contributed by atoms with Crippen LogP contribution in [0.4, 0.5) is 4.39 Å². The molecule has 0 saturated heterocycles. The highest BCUT2D eigenvalue weighted by Crippen LogP contribution is 2.20. The van der Waals surface area contributed by atoms with Gasteiger partial charge < -0.3 is 4.90 Å². The van der Waals surface area contributed by atoms with E-state index in [-0.39, 0.29) is 16.0 Å². The van der Waals surface area contributed by atoms with E-state index in [9.17, 15) is 17.6 Å². The summed E-state index contributed by atoms with van der Waals surface area (Å²) in [5.74, 6) is -0.901. The van der Waals surface area contributed by atoms with E-state index >= 15 is 0 Å². The second kappa shape index (κ2) is 6.53. The Hall–Kier alpha value is -1.47. The van der Waals surface area contributed by atoms with Gasteiger partial charge in [-0.2, -0.15) is 0 Å². The van der Waals surface area contributed by atoms with Crippen LogP contribution in [-0.2, 0) is 10.0 Å². The summed E-state index contributed by atoms with van der Waals surface area (Å²) >= 11 is 0. The molecular weight excluding hydrogens is 295 g/mol. The molecule has 5 nitrogen and oxygen atoms in total. The Labute approximate surface area is 125 Å². The van der Waals surface area contributed by atoms with Crippen LogP contribution in [0.3, 0.4) is 0 Å². The standard InChI is InChI=1S/C14H21FN2O3S/c1-9(2)5-6-17(4)14(18)11-8-13(21(16,19)20)10(3)7-12(11)15/h7-9H,5-6H2,1-4H3,(H2,16,19,20). The van der Waals surface area contributed by atoms with E-state index in [0.29, 0.717) is 12.5 Å². The fourth-order valence-corrected chi connectivity index (χ4v) is 2.67. The first kappa shape index (κ1) is 17.6. The molecule has 1 amide bonds. The van der Waals surface area contributed by atoms with Gasteiger partial charge >= 0.3 is 0 Å². The van der Waals surface area contributed by atoms with Gasteiger partial charge in [-0.05, 0) is 37.0 Å². The van der Waals surface area contributed by atoms with Crippen molar-refractivity contribution in [3.63, 3.8) is 0 Å². The highest BCUT2D eigenvalue weighted by atomic mass is 32.2. The number of sulfonamides is 1. The smallest absolute Gasteiger partial charge is 0.256 e. The summed E-state index contributed by atoms with van der Waals surface area (Å²) < 4.78 is 36.9. The third-order valence-electron chi connectivity index (χ3n) is 3.19. The van der Waals surface area contributed by atoms with Crippen LogP contribution in [0.25, 0.3) is 0 Å². The Morgan fingerprint density at radius 2 is 1.95 bits per heavy atom. The van der Waals surface area contributed by atoms with Crippen LogP contribution < -0.4 is 5.14 Å². The summed E-state index contributed by atoms with van der Waals surface area (Å²) in [5.41, 5.74) is -0.104. The molecule has 1 aromatic carbocycles. The molecular formula is C14H21FN2O3S. The normalized spacial score (nSPS) is 11.8. The van der Waals surface area contributed by atoms with Crippen LogP contribution in [0.2, 0.25) is 0 Å². The number of carbonyl (C=O) groups excluding carboxylic acids is 1. The summed E-state index contributed by atoms with van der Waals surface area (Å²) in [4.78, 5) is 13.4. The molecule has 7 heteroatoms. The molecule has 0 aromatic heterocycles. The van der Waals surface area contributed by atoms with Gasteiger partial charge in [0.1, 0.15) is 5.82 Å². The van der Waals surface area contributed by atoms with E-state index in [1.54, 1.807) is 7.05 Å². The van der Waals surface area contributed by atoms with Gasteiger partial charge in [0.2, 0.25) is 10.0 Å². The maximum atomic E-state index is 13.9. The fraction of sp³-hybridized carbons (Fsp3) is 0.500. The lowest BCUT2D eigenvalue weighted by Crippen LogP contribution is -2.29. The lowest BCUT2D eigenvalue weighted by atomic mass is 10.1. The average molecular weight is 316 g/mol.